The first-order chi connectivity index (χ1) is 20.2. The third kappa shape index (κ3) is 6.27. The summed E-state index contributed by atoms with van der Waals surface area (Å²) in [5, 5.41) is 3.98. The summed E-state index contributed by atoms with van der Waals surface area (Å²) in [5.41, 5.74) is 5.52. The summed E-state index contributed by atoms with van der Waals surface area (Å²) >= 11 is -2.68. The molecule has 0 radical (unpaired) electrons. The molecule has 220 valence electrons. The molecule has 0 saturated heterocycles. The van der Waals surface area contributed by atoms with Crippen molar-refractivity contribution in [1.82, 2.24) is 0 Å². The van der Waals surface area contributed by atoms with Gasteiger partial charge in [0.2, 0.25) is 0 Å². The molecule has 1 aliphatic carbocycles. The predicted octanol–water partition coefficient (Wildman–Crippen LogP) is 6.80. The summed E-state index contributed by atoms with van der Waals surface area (Å²) in [4.78, 5) is 25.5. The van der Waals surface area contributed by atoms with E-state index in [-0.39, 0.29) is 11.8 Å². The Labute approximate surface area is 248 Å². The van der Waals surface area contributed by atoms with Gasteiger partial charge < -0.3 is 19.0 Å². The lowest BCUT2D eigenvalue weighted by Crippen LogP contribution is -2.46. The number of nitrogens with zero attached hydrogens (tertiary/aromatic N) is 1. The van der Waals surface area contributed by atoms with E-state index in [1.807, 2.05) is 43.3 Å². The summed E-state index contributed by atoms with van der Waals surface area (Å²) in [5.74, 6) is -0.0724. The maximum Gasteiger partial charge on any atom is 0.329 e. The van der Waals surface area contributed by atoms with Crippen molar-refractivity contribution in [2.24, 2.45) is 11.8 Å². The number of nitrogens with one attached hydrogen (secondary N) is 1. The van der Waals surface area contributed by atoms with Crippen molar-refractivity contribution in [1.29, 1.82) is 0 Å². The van der Waals surface area contributed by atoms with Crippen molar-refractivity contribution in [3.63, 3.8) is 0 Å². The van der Waals surface area contributed by atoms with Crippen molar-refractivity contribution < 1.29 is 27.5 Å². The van der Waals surface area contributed by atoms with E-state index in [0.29, 0.717) is 17.1 Å². The zero-order valence-electron chi connectivity index (χ0n) is 24.2. The van der Waals surface area contributed by atoms with Gasteiger partial charge >= 0.3 is 5.97 Å². The summed E-state index contributed by atoms with van der Waals surface area (Å²) in [6.45, 7) is 5.46. The maximum atomic E-state index is 13.2. The van der Waals surface area contributed by atoms with Gasteiger partial charge in [0, 0.05) is 33.6 Å². The van der Waals surface area contributed by atoms with Crippen LogP contribution in [-0.4, -0.2) is 33.8 Å². The number of fused-ring (bicyclic) bond motifs is 1. The van der Waals surface area contributed by atoms with Gasteiger partial charge in [0.15, 0.2) is 5.76 Å². The highest BCUT2D eigenvalue weighted by Gasteiger charge is 2.31. The molecular weight excluding hydrogens is 552 g/mol. The Morgan fingerprint density at radius 2 is 1.69 bits per heavy atom. The van der Waals surface area contributed by atoms with Gasteiger partial charge in [0.25, 0.3) is 5.91 Å². The predicted molar refractivity (Wildman–Crippen MR) is 164 cm³/mol. The van der Waals surface area contributed by atoms with Crippen LogP contribution in [0.3, 0.4) is 0 Å². The zero-order chi connectivity index (χ0) is 30.0. The summed E-state index contributed by atoms with van der Waals surface area (Å²) in [6.07, 6.45) is 4.79. The van der Waals surface area contributed by atoms with E-state index in [1.54, 1.807) is 38.1 Å². The Morgan fingerprint density at radius 1 is 1.05 bits per heavy atom. The minimum Gasteiger partial charge on any atom is -0.755 e. The quantitative estimate of drug-likeness (QED) is 0.153. The first-order valence-electron chi connectivity index (χ1n) is 14.2. The molecule has 5 rings (SSSR count). The number of hydrogen-bond donors (Lipinski definition) is 1. The molecular formula is C33H35N2O6S-. The highest BCUT2D eigenvalue weighted by Crippen LogP contribution is 2.36. The normalized spacial score (nSPS) is 14.5. The largest absolute Gasteiger partial charge is 0.755 e. The van der Waals surface area contributed by atoms with Crippen LogP contribution in [0.25, 0.3) is 22.1 Å². The highest BCUT2D eigenvalue weighted by molar-refractivity contribution is 7.80. The number of carbonyl (C=O) groups is 2. The van der Waals surface area contributed by atoms with Crippen molar-refractivity contribution in [2.45, 2.75) is 52.5 Å². The van der Waals surface area contributed by atoms with E-state index in [4.69, 9.17) is 9.15 Å². The van der Waals surface area contributed by atoms with Crippen LogP contribution in [0.15, 0.2) is 71.1 Å². The second kappa shape index (κ2) is 12.5. The Morgan fingerprint density at radius 3 is 2.26 bits per heavy atom. The van der Waals surface area contributed by atoms with Gasteiger partial charge in [0.05, 0.1) is 7.11 Å². The minimum absolute atomic E-state index is 0.296. The molecule has 4 aromatic rings. The fourth-order valence-corrected chi connectivity index (χ4v) is 6.22. The number of anilines is 2. The molecule has 1 fully saturated rings. The maximum absolute atomic E-state index is 13.2. The van der Waals surface area contributed by atoms with Gasteiger partial charge in [-0.2, -0.15) is 0 Å². The average molecular weight is 588 g/mol. The topological polar surface area (TPSA) is 112 Å². The van der Waals surface area contributed by atoms with Gasteiger partial charge in [-0.05, 0) is 78.6 Å². The standard InChI is InChI=1S/C33H36N2O6S/c1-20(2)30(33(37)40-4)35(42(38)39)27-18-14-24(15-19-27)23-12-16-26(17-13-23)34-32(36)31-21(3)29-25(11-10-22-8-9-22)6-5-7-28(29)41-31/h5-7,12-20,22,30H,8-11H2,1-4H3,(H,34,36)(H,38,39)/p-1. The molecule has 42 heavy (non-hydrogen) atoms. The number of aryl methyl sites for hydroxylation is 2. The van der Waals surface area contributed by atoms with E-state index < -0.39 is 23.3 Å². The Kier molecular flexibility index (Phi) is 8.80. The zero-order valence-corrected chi connectivity index (χ0v) is 25.0. The number of furan rings is 1. The van der Waals surface area contributed by atoms with Crippen molar-refractivity contribution >= 4 is 45.5 Å². The second-order valence-corrected chi connectivity index (χ2v) is 12.0. The van der Waals surface area contributed by atoms with Gasteiger partial charge in [-0.1, -0.05) is 63.1 Å². The van der Waals surface area contributed by atoms with Crippen LogP contribution >= 0.6 is 0 Å². The number of methoxy groups -OCH3 is 1. The molecule has 2 atom stereocenters. The van der Waals surface area contributed by atoms with Crippen LogP contribution in [0.2, 0.25) is 0 Å². The molecule has 8 nitrogen and oxygen atoms in total. The Balaban J connectivity index is 1.30. The highest BCUT2D eigenvalue weighted by atomic mass is 32.2. The van der Waals surface area contributed by atoms with E-state index in [2.05, 4.69) is 11.4 Å². The molecule has 1 N–H and O–H groups in total. The molecule has 3 aromatic carbocycles. The lowest BCUT2D eigenvalue weighted by molar-refractivity contribution is -0.142. The molecule has 0 bridgehead atoms. The van der Waals surface area contributed by atoms with Gasteiger partial charge in [-0.25, -0.2) is 4.79 Å². The number of hydrogen-bond acceptors (Lipinski definition) is 6. The lowest BCUT2D eigenvalue weighted by Gasteiger charge is -2.35. The summed E-state index contributed by atoms with van der Waals surface area (Å²) in [7, 11) is 1.24. The Bertz CT molecular complexity index is 1610. The SMILES string of the molecule is COC(=O)C(C(C)C)N(c1ccc(-c2ccc(NC(=O)c3oc4cccc(CCC5CC5)c4c3C)cc2)cc1)S(=O)[O-]. The van der Waals surface area contributed by atoms with Crippen molar-refractivity contribution in [3.8, 4) is 11.1 Å². The fraction of sp³-hybridized carbons (Fsp3) is 0.333. The summed E-state index contributed by atoms with van der Waals surface area (Å²) in [6, 6.07) is 19.3. The van der Waals surface area contributed by atoms with Crippen LogP contribution in [0, 0.1) is 18.8 Å². The molecule has 1 aromatic heterocycles. The minimum atomic E-state index is -2.68. The fourth-order valence-electron chi connectivity index (χ4n) is 5.41. The van der Waals surface area contributed by atoms with Crippen molar-refractivity contribution in [2.75, 3.05) is 16.7 Å². The number of benzene rings is 3. The number of carbonyl (C=O) groups excluding carboxylic acids is 2. The van der Waals surface area contributed by atoms with Gasteiger partial charge in [0.1, 0.15) is 11.6 Å². The molecule has 1 aliphatic rings. The summed E-state index contributed by atoms with van der Waals surface area (Å²) < 4.78 is 36.0. The van der Waals surface area contributed by atoms with Crippen LogP contribution in [-0.2, 0) is 27.2 Å². The van der Waals surface area contributed by atoms with Crippen LogP contribution in [0.5, 0.6) is 0 Å². The number of rotatable bonds is 11. The first-order valence-corrected chi connectivity index (χ1v) is 15.2. The van der Waals surface area contributed by atoms with E-state index in [0.717, 1.165) is 44.3 Å². The third-order valence-electron chi connectivity index (χ3n) is 7.85. The second-order valence-electron chi connectivity index (χ2n) is 11.2. The molecule has 0 aliphatic heterocycles. The Hall–Kier alpha value is -3.95. The number of amides is 1. The third-order valence-corrected chi connectivity index (χ3v) is 8.61. The smallest absolute Gasteiger partial charge is 0.329 e. The van der Waals surface area contributed by atoms with Crippen LogP contribution in [0.1, 0.15) is 54.8 Å². The first kappa shape index (κ1) is 29.5. The molecule has 9 heteroatoms. The number of ether oxygens (including phenoxy) is 1. The molecule has 2 unspecified atom stereocenters. The van der Waals surface area contributed by atoms with Crippen molar-refractivity contribution in [3.05, 3.63) is 83.6 Å². The van der Waals surface area contributed by atoms with Crippen LogP contribution < -0.4 is 9.62 Å². The van der Waals surface area contributed by atoms with E-state index in [1.165, 1.54) is 31.9 Å². The molecule has 1 heterocycles. The lowest BCUT2D eigenvalue weighted by atomic mass is 10.0. The van der Waals surface area contributed by atoms with E-state index >= 15 is 0 Å². The monoisotopic (exact) mass is 587 g/mol. The van der Waals surface area contributed by atoms with E-state index in [9.17, 15) is 18.4 Å². The number of esters is 1. The van der Waals surface area contributed by atoms with Gasteiger partial charge in [-0.3, -0.25) is 13.3 Å². The molecule has 0 spiro atoms. The molecule has 1 saturated carbocycles. The van der Waals surface area contributed by atoms with Gasteiger partial charge in [-0.15, -0.1) is 0 Å². The molecule has 1 amide bonds. The average Bonchev–Trinajstić information content (AvgIpc) is 3.75. The van der Waals surface area contributed by atoms with Crippen LogP contribution in [0.4, 0.5) is 11.4 Å².